The molecule has 4 aromatic rings. The SMILES string of the molecule is Cc1c(-c2ccccc2)oc2c(C(=O)OCC(=O)N(C)Cc3ccc(Cl)s3)cccc2c1=O. The van der Waals surface area contributed by atoms with E-state index < -0.39 is 12.6 Å². The van der Waals surface area contributed by atoms with Gasteiger partial charge in [0.05, 0.1) is 16.3 Å². The molecular formula is C25H20ClNO5S. The van der Waals surface area contributed by atoms with Crippen LogP contribution in [0.2, 0.25) is 4.34 Å². The van der Waals surface area contributed by atoms with Gasteiger partial charge in [0.1, 0.15) is 11.3 Å². The first-order valence-electron chi connectivity index (χ1n) is 10.1. The maximum Gasteiger partial charge on any atom is 0.342 e. The monoisotopic (exact) mass is 481 g/mol. The van der Waals surface area contributed by atoms with Gasteiger partial charge in [-0.05, 0) is 31.2 Å². The minimum absolute atomic E-state index is 0.0854. The van der Waals surface area contributed by atoms with Crippen molar-refractivity contribution in [2.75, 3.05) is 13.7 Å². The van der Waals surface area contributed by atoms with E-state index in [9.17, 15) is 14.4 Å². The van der Waals surface area contributed by atoms with E-state index in [0.29, 0.717) is 22.2 Å². The topological polar surface area (TPSA) is 76.8 Å². The number of carbonyl (C=O) groups is 2. The van der Waals surface area contributed by atoms with Crippen molar-refractivity contribution >= 4 is 45.8 Å². The van der Waals surface area contributed by atoms with Gasteiger partial charge >= 0.3 is 5.97 Å². The Morgan fingerprint density at radius 1 is 1.06 bits per heavy atom. The fourth-order valence-corrected chi connectivity index (χ4v) is 4.55. The highest BCUT2D eigenvalue weighted by Gasteiger charge is 2.21. The number of amides is 1. The van der Waals surface area contributed by atoms with Crippen molar-refractivity contribution < 1.29 is 18.7 Å². The molecule has 4 rings (SSSR count). The predicted octanol–water partition coefficient (Wildman–Crippen LogP) is 5.30. The van der Waals surface area contributed by atoms with Crippen LogP contribution >= 0.6 is 22.9 Å². The van der Waals surface area contributed by atoms with Gasteiger partial charge in [-0.2, -0.15) is 0 Å². The molecule has 0 aliphatic rings. The van der Waals surface area contributed by atoms with Gasteiger partial charge in [0, 0.05) is 23.1 Å². The van der Waals surface area contributed by atoms with Crippen LogP contribution < -0.4 is 5.43 Å². The Hall–Kier alpha value is -3.42. The van der Waals surface area contributed by atoms with E-state index in [1.54, 1.807) is 32.2 Å². The number of fused-ring (bicyclic) bond motifs is 1. The highest BCUT2D eigenvalue weighted by molar-refractivity contribution is 7.16. The molecule has 0 fully saturated rings. The number of benzene rings is 2. The van der Waals surface area contributed by atoms with Crippen LogP contribution in [0.1, 0.15) is 20.8 Å². The highest BCUT2D eigenvalue weighted by Crippen LogP contribution is 2.27. The molecule has 2 heterocycles. The number of rotatable bonds is 6. The molecule has 0 unspecified atom stereocenters. The van der Waals surface area contributed by atoms with Crippen LogP contribution in [0.4, 0.5) is 0 Å². The fraction of sp³-hybridized carbons (Fsp3) is 0.160. The first-order chi connectivity index (χ1) is 15.8. The Kier molecular flexibility index (Phi) is 6.62. The van der Waals surface area contributed by atoms with Crippen LogP contribution in [0, 0.1) is 6.92 Å². The summed E-state index contributed by atoms with van der Waals surface area (Å²) in [6, 6.07) is 17.5. The maximum absolute atomic E-state index is 12.9. The van der Waals surface area contributed by atoms with Crippen molar-refractivity contribution in [3.63, 3.8) is 0 Å². The van der Waals surface area contributed by atoms with Crippen molar-refractivity contribution in [3.05, 3.63) is 91.2 Å². The van der Waals surface area contributed by atoms with Gasteiger partial charge in [0.25, 0.3) is 5.91 Å². The zero-order valence-corrected chi connectivity index (χ0v) is 19.5. The van der Waals surface area contributed by atoms with E-state index in [4.69, 9.17) is 20.8 Å². The summed E-state index contributed by atoms with van der Waals surface area (Å²) in [5, 5.41) is 0.277. The second-order valence-electron chi connectivity index (χ2n) is 7.47. The third kappa shape index (κ3) is 4.84. The summed E-state index contributed by atoms with van der Waals surface area (Å²) in [5.74, 6) is -0.721. The standard InChI is InChI=1S/C25H20ClNO5S/c1-15-22(29)18-9-6-10-19(24(18)32-23(15)16-7-4-3-5-8-16)25(30)31-14-21(28)27(2)13-17-11-12-20(26)33-17/h3-12H,13-14H2,1-2H3. The van der Waals surface area contributed by atoms with E-state index in [0.717, 1.165) is 10.4 Å². The van der Waals surface area contributed by atoms with Gasteiger partial charge in [-0.15, -0.1) is 11.3 Å². The van der Waals surface area contributed by atoms with E-state index in [2.05, 4.69) is 0 Å². The van der Waals surface area contributed by atoms with Crippen molar-refractivity contribution in [3.8, 4) is 11.3 Å². The van der Waals surface area contributed by atoms with Crippen LogP contribution in [-0.2, 0) is 16.1 Å². The second kappa shape index (κ2) is 9.60. The molecule has 0 saturated carbocycles. The number of para-hydroxylation sites is 1. The lowest BCUT2D eigenvalue weighted by Gasteiger charge is -2.16. The zero-order valence-electron chi connectivity index (χ0n) is 18.0. The van der Waals surface area contributed by atoms with Gasteiger partial charge in [-0.1, -0.05) is 48.0 Å². The van der Waals surface area contributed by atoms with Crippen molar-refractivity contribution in [2.45, 2.75) is 13.5 Å². The average Bonchev–Trinajstić information content (AvgIpc) is 3.24. The minimum Gasteiger partial charge on any atom is -0.455 e. The zero-order chi connectivity index (χ0) is 23.5. The number of likely N-dealkylation sites (N-methyl/N-ethyl adjacent to an activating group) is 1. The number of halogens is 1. The molecule has 0 spiro atoms. The number of ether oxygens (including phenoxy) is 1. The molecule has 6 nitrogen and oxygen atoms in total. The van der Waals surface area contributed by atoms with E-state index in [1.165, 1.54) is 22.3 Å². The van der Waals surface area contributed by atoms with Gasteiger partial charge < -0.3 is 14.1 Å². The Balaban J connectivity index is 1.57. The summed E-state index contributed by atoms with van der Waals surface area (Å²) in [7, 11) is 1.62. The first kappa shape index (κ1) is 22.8. The molecule has 0 aliphatic carbocycles. The molecule has 8 heteroatoms. The van der Waals surface area contributed by atoms with Crippen LogP contribution in [0.15, 0.2) is 69.9 Å². The Morgan fingerprint density at radius 2 is 1.82 bits per heavy atom. The lowest BCUT2D eigenvalue weighted by molar-refractivity contribution is -0.133. The number of thiophene rings is 1. The average molecular weight is 482 g/mol. The fourth-order valence-electron chi connectivity index (χ4n) is 3.41. The number of carbonyl (C=O) groups excluding carboxylic acids is 2. The summed E-state index contributed by atoms with van der Waals surface area (Å²) >= 11 is 7.31. The number of hydrogen-bond acceptors (Lipinski definition) is 6. The summed E-state index contributed by atoms with van der Waals surface area (Å²) in [6.45, 7) is 1.61. The summed E-state index contributed by atoms with van der Waals surface area (Å²) in [5.41, 5.74) is 1.16. The largest absolute Gasteiger partial charge is 0.455 e. The molecule has 33 heavy (non-hydrogen) atoms. The van der Waals surface area contributed by atoms with E-state index in [1.807, 2.05) is 36.4 Å². The molecule has 0 saturated heterocycles. The molecule has 2 aromatic carbocycles. The first-order valence-corrected chi connectivity index (χ1v) is 11.3. The minimum atomic E-state index is -0.743. The molecule has 1 amide bonds. The third-order valence-corrected chi connectivity index (χ3v) is 6.39. The van der Waals surface area contributed by atoms with Crippen LogP contribution in [0.25, 0.3) is 22.3 Å². The van der Waals surface area contributed by atoms with Gasteiger partial charge in [0.2, 0.25) is 0 Å². The molecule has 0 N–H and O–H groups in total. The predicted molar refractivity (Wildman–Crippen MR) is 129 cm³/mol. The van der Waals surface area contributed by atoms with Gasteiger partial charge in [-0.3, -0.25) is 9.59 Å². The summed E-state index contributed by atoms with van der Waals surface area (Å²) < 4.78 is 11.9. The normalized spacial score (nSPS) is 10.9. The molecular weight excluding hydrogens is 462 g/mol. The molecule has 168 valence electrons. The quantitative estimate of drug-likeness (QED) is 0.349. The Labute approximate surface area is 199 Å². The molecule has 2 aromatic heterocycles. The number of nitrogens with zero attached hydrogens (tertiary/aromatic N) is 1. The van der Waals surface area contributed by atoms with Crippen molar-refractivity contribution in [1.82, 2.24) is 4.90 Å². The Morgan fingerprint density at radius 3 is 2.52 bits per heavy atom. The molecule has 0 atom stereocenters. The molecule has 0 radical (unpaired) electrons. The summed E-state index contributed by atoms with van der Waals surface area (Å²) in [6.07, 6.45) is 0. The second-order valence-corrected chi connectivity index (χ2v) is 9.26. The molecule has 0 bridgehead atoms. The third-order valence-electron chi connectivity index (χ3n) is 5.18. The van der Waals surface area contributed by atoms with E-state index >= 15 is 0 Å². The van der Waals surface area contributed by atoms with Crippen LogP contribution in [-0.4, -0.2) is 30.4 Å². The number of hydrogen-bond donors (Lipinski definition) is 0. The van der Waals surface area contributed by atoms with Crippen LogP contribution in [0.3, 0.4) is 0 Å². The van der Waals surface area contributed by atoms with Crippen LogP contribution in [0.5, 0.6) is 0 Å². The van der Waals surface area contributed by atoms with Gasteiger partial charge in [0.15, 0.2) is 17.6 Å². The smallest absolute Gasteiger partial charge is 0.342 e. The lowest BCUT2D eigenvalue weighted by atomic mass is 10.0. The van der Waals surface area contributed by atoms with Crippen molar-refractivity contribution in [1.29, 1.82) is 0 Å². The summed E-state index contributed by atoms with van der Waals surface area (Å²) in [4.78, 5) is 40.6. The molecule has 0 aliphatic heterocycles. The lowest BCUT2D eigenvalue weighted by Crippen LogP contribution is -2.30. The highest BCUT2D eigenvalue weighted by atomic mass is 35.5. The maximum atomic E-state index is 12.9. The Bertz CT molecular complexity index is 1390. The van der Waals surface area contributed by atoms with E-state index in [-0.39, 0.29) is 27.9 Å². The van der Waals surface area contributed by atoms with Crippen molar-refractivity contribution in [2.24, 2.45) is 0 Å². The van der Waals surface area contributed by atoms with Gasteiger partial charge in [-0.25, -0.2) is 4.79 Å². The number of esters is 1.